The van der Waals surface area contributed by atoms with Gasteiger partial charge in [0.25, 0.3) is 0 Å². The highest BCUT2D eigenvalue weighted by Crippen LogP contribution is 2.12. The van der Waals surface area contributed by atoms with Gasteiger partial charge in [0, 0.05) is 6.54 Å². The van der Waals surface area contributed by atoms with Crippen LogP contribution in [0, 0.1) is 5.92 Å². The third-order valence-electron chi connectivity index (χ3n) is 3.65. The quantitative estimate of drug-likeness (QED) is 0.785. The molecule has 4 nitrogen and oxygen atoms in total. The minimum Gasteiger partial charge on any atom is -0.462 e. The van der Waals surface area contributed by atoms with E-state index in [1.165, 1.54) is 12.8 Å². The van der Waals surface area contributed by atoms with Crippen LogP contribution < -0.4 is 5.32 Å². The molecule has 1 N–H and O–H groups in total. The van der Waals surface area contributed by atoms with E-state index in [0.717, 1.165) is 31.7 Å². The van der Waals surface area contributed by atoms with Gasteiger partial charge in [0.1, 0.15) is 0 Å². The van der Waals surface area contributed by atoms with E-state index in [4.69, 9.17) is 9.47 Å². The summed E-state index contributed by atoms with van der Waals surface area (Å²) in [5, 5.41) is 3.39. The Morgan fingerprint density at radius 3 is 2.81 bits per heavy atom. The van der Waals surface area contributed by atoms with Crippen molar-refractivity contribution < 1.29 is 14.3 Å². The number of ether oxygens (including phenoxy) is 2. The van der Waals surface area contributed by atoms with E-state index in [1.54, 1.807) is 12.1 Å². The molecular weight excluding hydrogens is 266 g/mol. The summed E-state index contributed by atoms with van der Waals surface area (Å²) in [6.07, 6.45) is 3.32. The molecule has 2 rings (SSSR count). The van der Waals surface area contributed by atoms with Crippen LogP contribution in [0.15, 0.2) is 24.3 Å². The monoisotopic (exact) mass is 291 g/mol. The number of rotatable bonds is 7. The summed E-state index contributed by atoms with van der Waals surface area (Å²) in [5.41, 5.74) is 1.69. The third kappa shape index (κ3) is 5.48. The Labute approximate surface area is 126 Å². The zero-order valence-electron chi connectivity index (χ0n) is 12.8. The van der Waals surface area contributed by atoms with Crippen LogP contribution in [-0.2, 0) is 16.1 Å². The molecule has 1 fully saturated rings. The Morgan fingerprint density at radius 1 is 1.33 bits per heavy atom. The van der Waals surface area contributed by atoms with Crippen LogP contribution in [0.5, 0.6) is 0 Å². The molecule has 0 bridgehead atoms. The Morgan fingerprint density at radius 2 is 2.14 bits per heavy atom. The number of piperidine rings is 1. The summed E-state index contributed by atoms with van der Waals surface area (Å²) in [4.78, 5) is 11.7. The predicted molar refractivity (Wildman–Crippen MR) is 82.3 cm³/mol. The van der Waals surface area contributed by atoms with Crippen LogP contribution in [0.4, 0.5) is 0 Å². The van der Waals surface area contributed by atoms with Crippen molar-refractivity contribution in [3.8, 4) is 0 Å². The fraction of sp³-hybridized carbons (Fsp3) is 0.588. The molecule has 1 heterocycles. The fourth-order valence-electron chi connectivity index (χ4n) is 2.42. The zero-order valence-corrected chi connectivity index (χ0v) is 12.8. The maximum atomic E-state index is 11.7. The molecule has 21 heavy (non-hydrogen) atoms. The minimum absolute atomic E-state index is 0.252. The molecule has 116 valence electrons. The lowest BCUT2D eigenvalue weighted by Gasteiger charge is -2.22. The van der Waals surface area contributed by atoms with Crippen LogP contribution in [0.3, 0.4) is 0 Å². The molecule has 1 aromatic carbocycles. The smallest absolute Gasteiger partial charge is 0.338 e. The number of nitrogens with one attached hydrogen (secondary N) is 1. The van der Waals surface area contributed by atoms with E-state index in [2.05, 4.69) is 5.32 Å². The molecule has 1 aliphatic rings. The number of benzene rings is 1. The summed E-state index contributed by atoms with van der Waals surface area (Å²) < 4.78 is 10.9. The summed E-state index contributed by atoms with van der Waals surface area (Å²) in [7, 11) is 0. The van der Waals surface area contributed by atoms with E-state index in [0.29, 0.717) is 24.7 Å². The van der Waals surface area contributed by atoms with Gasteiger partial charge in [-0.25, -0.2) is 4.79 Å². The minimum atomic E-state index is -0.252. The van der Waals surface area contributed by atoms with E-state index in [1.807, 2.05) is 19.1 Å². The van der Waals surface area contributed by atoms with Crippen LogP contribution >= 0.6 is 0 Å². The van der Waals surface area contributed by atoms with Crippen LogP contribution in [0.25, 0.3) is 0 Å². The van der Waals surface area contributed by atoms with Crippen molar-refractivity contribution >= 4 is 5.97 Å². The van der Waals surface area contributed by atoms with E-state index in [-0.39, 0.29) is 5.97 Å². The molecule has 1 aromatic rings. The molecule has 4 heteroatoms. The van der Waals surface area contributed by atoms with Gasteiger partial charge in [0.05, 0.1) is 25.4 Å². The lowest BCUT2D eigenvalue weighted by molar-refractivity contribution is 0.0504. The van der Waals surface area contributed by atoms with Crippen LogP contribution in [-0.4, -0.2) is 32.3 Å². The maximum Gasteiger partial charge on any atom is 0.338 e. The van der Waals surface area contributed by atoms with Gasteiger partial charge in [-0.15, -0.1) is 0 Å². The Bertz CT molecular complexity index is 424. The molecule has 0 aliphatic carbocycles. The first-order chi connectivity index (χ1) is 10.3. The summed E-state index contributed by atoms with van der Waals surface area (Å²) in [6, 6.07) is 7.47. The standard InChI is InChI=1S/C17H25NO3/c1-2-10-21-17(19)16-7-5-14(6-8-16)12-20-13-15-4-3-9-18-11-15/h5-8,15,18H,2-4,9-13H2,1H3. The zero-order chi connectivity index (χ0) is 14.9. The van der Waals surface area contributed by atoms with Crippen molar-refractivity contribution in [3.05, 3.63) is 35.4 Å². The van der Waals surface area contributed by atoms with Gasteiger partial charge >= 0.3 is 5.97 Å². The van der Waals surface area contributed by atoms with Gasteiger partial charge in [-0.2, -0.15) is 0 Å². The molecule has 0 amide bonds. The molecular formula is C17H25NO3. The Kier molecular flexibility index (Phi) is 6.70. The Hall–Kier alpha value is -1.39. The number of carbonyl (C=O) groups excluding carboxylic acids is 1. The highest BCUT2D eigenvalue weighted by molar-refractivity contribution is 5.89. The van der Waals surface area contributed by atoms with Crippen molar-refractivity contribution in [2.24, 2.45) is 5.92 Å². The molecule has 0 aromatic heterocycles. The normalized spacial score (nSPS) is 18.4. The SMILES string of the molecule is CCCOC(=O)c1ccc(COCC2CCCNC2)cc1. The summed E-state index contributed by atoms with van der Waals surface area (Å²) in [5.74, 6) is 0.375. The van der Waals surface area contributed by atoms with E-state index >= 15 is 0 Å². The highest BCUT2D eigenvalue weighted by atomic mass is 16.5. The second kappa shape index (κ2) is 8.80. The van der Waals surface area contributed by atoms with Gasteiger partial charge in [0.15, 0.2) is 0 Å². The molecule has 0 spiro atoms. The lowest BCUT2D eigenvalue weighted by atomic mass is 10.0. The van der Waals surface area contributed by atoms with Gasteiger partial charge in [-0.1, -0.05) is 19.1 Å². The third-order valence-corrected chi connectivity index (χ3v) is 3.65. The maximum absolute atomic E-state index is 11.7. The average molecular weight is 291 g/mol. The van der Waals surface area contributed by atoms with Gasteiger partial charge in [0.2, 0.25) is 0 Å². The first-order valence-corrected chi connectivity index (χ1v) is 7.84. The van der Waals surface area contributed by atoms with Crippen molar-refractivity contribution in [2.75, 3.05) is 26.3 Å². The first-order valence-electron chi connectivity index (χ1n) is 7.84. The number of carbonyl (C=O) groups is 1. The van der Waals surface area contributed by atoms with Crippen LogP contribution in [0.2, 0.25) is 0 Å². The van der Waals surface area contributed by atoms with Gasteiger partial charge < -0.3 is 14.8 Å². The number of esters is 1. The van der Waals surface area contributed by atoms with Crippen molar-refractivity contribution in [1.82, 2.24) is 5.32 Å². The second-order valence-corrected chi connectivity index (χ2v) is 5.56. The lowest BCUT2D eigenvalue weighted by Crippen LogP contribution is -2.32. The van der Waals surface area contributed by atoms with Crippen LogP contribution in [0.1, 0.15) is 42.1 Å². The molecule has 0 saturated carbocycles. The average Bonchev–Trinajstić information content (AvgIpc) is 2.54. The highest BCUT2D eigenvalue weighted by Gasteiger charge is 2.12. The molecule has 1 atom stereocenters. The van der Waals surface area contributed by atoms with Crippen molar-refractivity contribution in [2.45, 2.75) is 32.8 Å². The number of hydrogen-bond acceptors (Lipinski definition) is 4. The van der Waals surface area contributed by atoms with Crippen molar-refractivity contribution in [1.29, 1.82) is 0 Å². The molecule has 1 aliphatic heterocycles. The molecule has 1 saturated heterocycles. The van der Waals surface area contributed by atoms with Gasteiger partial charge in [-0.3, -0.25) is 0 Å². The molecule has 0 radical (unpaired) electrons. The summed E-state index contributed by atoms with van der Waals surface area (Å²) >= 11 is 0. The predicted octanol–water partition coefficient (Wildman–Crippen LogP) is 2.77. The first kappa shape index (κ1) is 16.0. The topological polar surface area (TPSA) is 47.6 Å². The van der Waals surface area contributed by atoms with E-state index in [9.17, 15) is 4.79 Å². The largest absolute Gasteiger partial charge is 0.462 e. The fourth-order valence-corrected chi connectivity index (χ4v) is 2.42. The van der Waals surface area contributed by atoms with Crippen molar-refractivity contribution in [3.63, 3.8) is 0 Å². The number of hydrogen-bond donors (Lipinski definition) is 1. The van der Waals surface area contributed by atoms with E-state index < -0.39 is 0 Å². The summed E-state index contributed by atoms with van der Waals surface area (Å²) in [6.45, 7) is 6.04. The molecule has 1 unspecified atom stereocenters. The Balaban J connectivity index is 1.72. The van der Waals surface area contributed by atoms with Gasteiger partial charge in [-0.05, 0) is 49.4 Å². The second-order valence-electron chi connectivity index (χ2n) is 5.56.